The lowest BCUT2D eigenvalue weighted by Gasteiger charge is -2.42. The largest absolute Gasteiger partial charge is 0.463 e. The number of fused-ring (bicyclic) bond motifs is 1. The molecule has 0 bridgehead atoms. The second kappa shape index (κ2) is 8.63. The highest BCUT2D eigenvalue weighted by atomic mass is 16.5. The Morgan fingerprint density at radius 2 is 1.67 bits per heavy atom. The summed E-state index contributed by atoms with van der Waals surface area (Å²) in [6.07, 6.45) is 8.01. The molecule has 2 aromatic rings. The highest BCUT2D eigenvalue weighted by molar-refractivity contribution is 5.84. The topological polar surface area (TPSA) is 26.3 Å². The fourth-order valence-corrected chi connectivity index (χ4v) is 4.30. The minimum atomic E-state index is -0.299. The van der Waals surface area contributed by atoms with Crippen LogP contribution in [0.1, 0.15) is 71.1 Å². The predicted molar refractivity (Wildman–Crippen MR) is 127 cm³/mol. The molecule has 0 radical (unpaired) electrons. The van der Waals surface area contributed by atoms with Gasteiger partial charge in [-0.25, -0.2) is 4.79 Å². The summed E-state index contributed by atoms with van der Waals surface area (Å²) in [6, 6.07) is 15.4. The Morgan fingerprint density at radius 3 is 2.37 bits per heavy atom. The number of hydrogen-bond donors (Lipinski definition) is 0. The molecule has 0 amide bonds. The van der Waals surface area contributed by atoms with E-state index in [9.17, 15) is 4.79 Å². The third kappa shape index (κ3) is 4.75. The molecule has 0 N–H and O–H groups in total. The molecule has 0 spiro atoms. The highest BCUT2D eigenvalue weighted by Gasteiger charge is 2.37. The van der Waals surface area contributed by atoms with Gasteiger partial charge in [0.2, 0.25) is 0 Å². The molecule has 0 atom stereocenters. The van der Waals surface area contributed by atoms with Crippen LogP contribution in [0.4, 0.5) is 0 Å². The van der Waals surface area contributed by atoms with Crippen LogP contribution in [0.15, 0.2) is 60.2 Å². The first-order valence-corrected chi connectivity index (χ1v) is 10.9. The molecule has 0 saturated carbocycles. The number of carbonyl (C=O) groups is 1. The summed E-state index contributed by atoms with van der Waals surface area (Å²) >= 11 is 0. The maximum Gasteiger partial charge on any atom is 0.330 e. The Balaban J connectivity index is 1.99. The molecule has 2 aromatic carbocycles. The van der Waals surface area contributed by atoms with Crippen molar-refractivity contribution in [3.8, 4) is 11.1 Å². The van der Waals surface area contributed by atoms with Crippen molar-refractivity contribution < 1.29 is 9.53 Å². The molecule has 0 fully saturated rings. The van der Waals surface area contributed by atoms with Crippen molar-refractivity contribution >= 4 is 12.0 Å². The van der Waals surface area contributed by atoms with Crippen molar-refractivity contribution in [2.75, 3.05) is 6.61 Å². The van der Waals surface area contributed by atoms with E-state index in [1.54, 1.807) is 0 Å². The van der Waals surface area contributed by atoms with E-state index in [1.165, 1.54) is 41.2 Å². The zero-order chi connectivity index (χ0) is 21.9. The van der Waals surface area contributed by atoms with Crippen molar-refractivity contribution in [1.82, 2.24) is 0 Å². The lowest BCUT2D eigenvalue weighted by atomic mass is 9.63. The molecule has 0 heterocycles. The quantitative estimate of drug-likeness (QED) is 0.300. The van der Waals surface area contributed by atoms with E-state index in [1.807, 2.05) is 19.9 Å². The lowest BCUT2D eigenvalue weighted by molar-refractivity contribution is -0.137. The zero-order valence-corrected chi connectivity index (χ0v) is 19.2. The number of esters is 1. The third-order valence-corrected chi connectivity index (χ3v) is 6.28. The number of ether oxygens (including phenoxy) is 1. The summed E-state index contributed by atoms with van der Waals surface area (Å²) in [6.45, 7) is 13.6. The van der Waals surface area contributed by atoms with Crippen LogP contribution < -0.4 is 0 Å². The molecule has 0 saturated heterocycles. The standard InChI is InChI=1S/C28H34O2/c1-7-30-26(29)18-20(2)12-13-21-10-8-9-11-23(21)22-14-15-24-25(19-22)28(5,6)17-16-27(24,3)4/h8-15,18-19H,7,16-17H2,1-6H3/b13-12+,20-18-. The van der Waals surface area contributed by atoms with E-state index in [4.69, 9.17) is 4.74 Å². The number of hydrogen-bond acceptors (Lipinski definition) is 2. The molecule has 0 unspecified atom stereocenters. The van der Waals surface area contributed by atoms with Gasteiger partial charge in [-0.2, -0.15) is 0 Å². The molecular weight excluding hydrogens is 368 g/mol. The Morgan fingerprint density at radius 1 is 1.00 bits per heavy atom. The molecule has 0 aliphatic heterocycles. The average molecular weight is 403 g/mol. The van der Waals surface area contributed by atoms with Crippen LogP contribution in [0.2, 0.25) is 0 Å². The molecule has 30 heavy (non-hydrogen) atoms. The second-order valence-corrected chi connectivity index (χ2v) is 9.59. The van der Waals surface area contributed by atoms with Gasteiger partial charge < -0.3 is 4.74 Å². The maximum atomic E-state index is 11.7. The van der Waals surface area contributed by atoms with Crippen LogP contribution in [-0.4, -0.2) is 12.6 Å². The maximum absolute atomic E-state index is 11.7. The van der Waals surface area contributed by atoms with Crippen LogP contribution in [0.5, 0.6) is 0 Å². The van der Waals surface area contributed by atoms with Crippen molar-refractivity contribution in [2.24, 2.45) is 0 Å². The van der Waals surface area contributed by atoms with Gasteiger partial charge in [0.1, 0.15) is 0 Å². The number of carbonyl (C=O) groups excluding carboxylic acids is 1. The summed E-state index contributed by atoms with van der Waals surface area (Å²) in [5, 5.41) is 0. The second-order valence-electron chi connectivity index (χ2n) is 9.59. The van der Waals surface area contributed by atoms with Gasteiger partial charge in [-0.15, -0.1) is 0 Å². The Bertz CT molecular complexity index is 989. The first-order chi connectivity index (χ1) is 14.1. The van der Waals surface area contributed by atoms with Crippen LogP contribution in [-0.2, 0) is 20.4 Å². The molecule has 158 valence electrons. The third-order valence-electron chi connectivity index (χ3n) is 6.28. The van der Waals surface area contributed by atoms with Crippen molar-refractivity contribution in [1.29, 1.82) is 0 Å². The van der Waals surface area contributed by atoms with Crippen molar-refractivity contribution in [3.63, 3.8) is 0 Å². The van der Waals surface area contributed by atoms with E-state index >= 15 is 0 Å². The molecule has 3 rings (SSSR count). The summed E-state index contributed by atoms with van der Waals surface area (Å²) in [7, 11) is 0. The predicted octanol–water partition coefficient (Wildman–Crippen LogP) is 7.23. The summed E-state index contributed by atoms with van der Waals surface area (Å²) in [5.74, 6) is -0.299. The van der Waals surface area contributed by atoms with E-state index in [0.717, 1.165) is 11.1 Å². The Labute approximate surface area is 181 Å². The van der Waals surface area contributed by atoms with E-state index < -0.39 is 0 Å². The van der Waals surface area contributed by atoms with Gasteiger partial charge in [0.15, 0.2) is 0 Å². The van der Waals surface area contributed by atoms with Gasteiger partial charge in [0, 0.05) is 6.08 Å². The van der Waals surface area contributed by atoms with Crippen LogP contribution in [0.25, 0.3) is 17.2 Å². The summed E-state index contributed by atoms with van der Waals surface area (Å²) in [5.41, 5.74) is 7.81. The molecule has 2 heteroatoms. The monoisotopic (exact) mass is 402 g/mol. The van der Waals surface area contributed by atoms with E-state index in [0.29, 0.717) is 6.61 Å². The van der Waals surface area contributed by atoms with Gasteiger partial charge in [-0.05, 0) is 70.9 Å². The average Bonchev–Trinajstić information content (AvgIpc) is 2.70. The minimum Gasteiger partial charge on any atom is -0.463 e. The van der Waals surface area contributed by atoms with Gasteiger partial charge in [-0.3, -0.25) is 0 Å². The Hall–Kier alpha value is -2.61. The number of benzene rings is 2. The molecule has 2 nitrogen and oxygen atoms in total. The first-order valence-electron chi connectivity index (χ1n) is 10.9. The molecule has 0 aromatic heterocycles. The molecule has 1 aliphatic rings. The minimum absolute atomic E-state index is 0.185. The van der Waals surface area contributed by atoms with Gasteiger partial charge in [0.25, 0.3) is 0 Å². The van der Waals surface area contributed by atoms with Gasteiger partial charge in [-0.1, -0.05) is 82.3 Å². The SMILES string of the molecule is CCOC(=O)/C=C(C)\C=C\c1ccccc1-c1ccc2c(c1)C(C)(C)CCC2(C)C. The Kier molecular flexibility index (Phi) is 6.36. The van der Waals surface area contributed by atoms with Crippen LogP contribution >= 0.6 is 0 Å². The number of allylic oxidation sites excluding steroid dienone is 2. The zero-order valence-electron chi connectivity index (χ0n) is 19.2. The number of rotatable bonds is 5. The van der Waals surface area contributed by atoms with Crippen LogP contribution in [0, 0.1) is 0 Å². The van der Waals surface area contributed by atoms with Crippen LogP contribution in [0.3, 0.4) is 0 Å². The van der Waals surface area contributed by atoms with E-state index in [2.05, 4.69) is 76.2 Å². The first kappa shape index (κ1) is 22.1. The van der Waals surface area contributed by atoms with Crippen molar-refractivity contribution in [2.45, 2.75) is 65.2 Å². The fraction of sp³-hybridized carbons (Fsp3) is 0.393. The fourth-order valence-electron chi connectivity index (χ4n) is 4.30. The molecular formula is C28H34O2. The van der Waals surface area contributed by atoms with Gasteiger partial charge >= 0.3 is 5.97 Å². The summed E-state index contributed by atoms with van der Waals surface area (Å²) in [4.78, 5) is 11.7. The smallest absolute Gasteiger partial charge is 0.330 e. The lowest BCUT2D eigenvalue weighted by Crippen LogP contribution is -2.33. The highest BCUT2D eigenvalue weighted by Crippen LogP contribution is 2.47. The van der Waals surface area contributed by atoms with E-state index in [-0.39, 0.29) is 16.8 Å². The summed E-state index contributed by atoms with van der Waals surface area (Å²) < 4.78 is 5.00. The molecule has 1 aliphatic carbocycles. The normalized spacial score (nSPS) is 17.6. The van der Waals surface area contributed by atoms with Crippen molar-refractivity contribution in [3.05, 3.63) is 76.9 Å². The van der Waals surface area contributed by atoms with Gasteiger partial charge in [0.05, 0.1) is 6.61 Å².